The van der Waals surface area contributed by atoms with Crippen LogP contribution < -0.4 is 10.2 Å². The lowest BCUT2D eigenvalue weighted by Gasteiger charge is -2.18. The Hall–Kier alpha value is -1.06. The summed E-state index contributed by atoms with van der Waals surface area (Å²) in [6.45, 7) is 3.08. The largest absolute Gasteiger partial charge is 0.395 e. The molecule has 0 spiro atoms. The highest BCUT2D eigenvalue weighted by atomic mass is 16.3. The predicted octanol–water partition coefficient (Wildman–Crippen LogP) is 0.847. The van der Waals surface area contributed by atoms with Crippen LogP contribution in [0.5, 0.6) is 0 Å². The zero-order chi connectivity index (χ0) is 10.5. The summed E-state index contributed by atoms with van der Waals surface area (Å²) >= 11 is 0. The number of aliphatic hydroxyl groups excluding tert-OH is 1. The van der Waals surface area contributed by atoms with Crippen molar-refractivity contribution in [2.75, 3.05) is 31.1 Å². The number of hydrogen-bond donors (Lipinski definition) is 2. The van der Waals surface area contributed by atoms with Crippen molar-refractivity contribution in [3.63, 3.8) is 0 Å². The average molecular weight is 206 g/mol. The van der Waals surface area contributed by atoms with Gasteiger partial charge in [-0.15, -0.1) is 0 Å². The molecule has 1 saturated heterocycles. The van der Waals surface area contributed by atoms with Crippen LogP contribution in [-0.2, 0) is 0 Å². The summed E-state index contributed by atoms with van der Waals surface area (Å²) in [6.07, 6.45) is 1.16. The first-order valence-corrected chi connectivity index (χ1v) is 5.54. The van der Waals surface area contributed by atoms with E-state index in [1.807, 2.05) is 6.07 Å². The van der Waals surface area contributed by atoms with Crippen molar-refractivity contribution in [2.24, 2.45) is 0 Å². The molecule has 0 aliphatic carbocycles. The highest BCUT2D eigenvalue weighted by Crippen LogP contribution is 2.19. The Morgan fingerprint density at radius 2 is 2.13 bits per heavy atom. The van der Waals surface area contributed by atoms with Gasteiger partial charge in [-0.05, 0) is 18.6 Å². The lowest BCUT2D eigenvalue weighted by atomic mass is 10.2. The van der Waals surface area contributed by atoms with E-state index in [4.69, 9.17) is 5.11 Å². The van der Waals surface area contributed by atoms with Gasteiger partial charge in [-0.3, -0.25) is 0 Å². The second-order valence-electron chi connectivity index (χ2n) is 3.94. The number of hydrogen-bond acceptors (Lipinski definition) is 3. The van der Waals surface area contributed by atoms with Gasteiger partial charge in [0.1, 0.15) is 0 Å². The number of anilines is 1. The number of para-hydroxylation sites is 1. The SMILES string of the molecule is OCCNC1CCN(c2ccccc2)C1. The van der Waals surface area contributed by atoms with Crippen LogP contribution in [0.2, 0.25) is 0 Å². The highest BCUT2D eigenvalue weighted by Gasteiger charge is 2.21. The van der Waals surface area contributed by atoms with Crippen LogP contribution in [0.25, 0.3) is 0 Å². The molecule has 2 rings (SSSR count). The van der Waals surface area contributed by atoms with Crippen LogP contribution >= 0.6 is 0 Å². The number of nitrogens with zero attached hydrogens (tertiary/aromatic N) is 1. The van der Waals surface area contributed by atoms with Gasteiger partial charge < -0.3 is 15.3 Å². The first-order valence-electron chi connectivity index (χ1n) is 5.54. The maximum Gasteiger partial charge on any atom is 0.0556 e. The van der Waals surface area contributed by atoms with Crippen LogP contribution in [0, 0.1) is 0 Å². The van der Waals surface area contributed by atoms with Crippen molar-refractivity contribution in [1.82, 2.24) is 5.32 Å². The molecule has 82 valence electrons. The summed E-state index contributed by atoms with van der Waals surface area (Å²) in [5.74, 6) is 0. The molecule has 1 heterocycles. The normalized spacial score (nSPS) is 20.9. The molecule has 1 aliphatic heterocycles. The van der Waals surface area contributed by atoms with Crippen LogP contribution in [0.4, 0.5) is 5.69 Å². The third kappa shape index (κ3) is 2.70. The lowest BCUT2D eigenvalue weighted by molar-refractivity contribution is 0.286. The van der Waals surface area contributed by atoms with Gasteiger partial charge >= 0.3 is 0 Å². The zero-order valence-corrected chi connectivity index (χ0v) is 8.89. The molecule has 3 nitrogen and oxygen atoms in total. The third-order valence-corrected chi connectivity index (χ3v) is 2.85. The van der Waals surface area contributed by atoms with E-state index in [-0.39, 0.29) is 6.61 Å². The van der Waals surface area contributed by atoms with E-state index in [1.54, 1.807) is 0 Å². The lowest BCUT2D eigenvalue weighted by Crippen LogP contribution is -2.34. The first-order chi connectivity index (χ1) is 7.40. The molecule has 1 aromatic rings. The maximum atomic E-state index is 8.73. The van der Waals surface area contributed by atoms with Crippen LogP contribution in [-0.4, -0.2) is 37.4 Å². The highest BCUT2D eigenvalue weighted by molar-refractivity contribution is 5.47. The fraction of sp³-hybridized carbons (Fsp3) is 0.500. The van der Waals surface area contributed by atoms with Gasteiger partial charge in [0.2, 0.25) is 0 Å². The summed E-state index contributed by atoms with van der Waals surface area (Å²) in [7, 11) is 0. The van der Waals surface area contributed by atoms with E-state index in [0.29, 0.717) is 12.6 Å². The summed E-state index contributed by atoms with van der Waals surface area (Å²) in [5, 5.41) is 12.1. The number of rotatable bonds is 4. The first kappa shape index (κ1) is 10.5. The molecule has 0 bridgehead atoms. The summed E-state index contributed by atoms with van der Waals surface area (Å²) in [4.78, 5) is 2.38. The van der Waals surface area contributed by atoms with Gasteiger partial charge in [0, 0.05) is 31.4 Å². The van der Waals surface area contributed by atoms with Gasteiger partial charge in [0.05, 0.1) is 6.61 Å². The predicted molar refractivity (Wildman–Crippen MR) is 62.1 cm³/mol. The van der Waals surface area contributed by atoms with Gasteiger partial charge in [0.15, 0.2) is 0 Å². The standard InChI is InChI=1S/C12H18N2O/c15-9-7-13-11-6-8-14(10-11)12-4-2-1-3-5-12/h1-5,11,13,15H,6-10H2. The molecule has 15 heavy (non-hydrogen) atoms. The molecule has 2 N–H and O–H groups in total. The third-order valence-electron chi connectivity index (χ3n) is 2.85. The molecule has 1 aliphatic rings. The van der Waals surface area contributed by atoms with Crippen LogP contribution in [0.15, 0.2) is 30.3 Å². The topological polar surface area (TPSA) is 35.5 Å². The van der Waals surface area contributed by atoms with E-state index in [1.165, 1.54) is 5.69 Å². The minimum Gasteiger partial charge on any atom is -0.395 e. The Bertz CT molecular complexity index is 289. The maximum absolute atomic E-state index is 8.73. The molecule has 1 aromatic carbocycles. The molecule has 0 radical (unpaired) electrons. The minimum absolute atomic E-state index is 0.224. The zero-order valence-electron chi connectivity index (χ0n) is 8.89. The minimum atomic E-state index is 0.224. The second kappa shape index (κ2) is 5.14. The van der Waals surface area contributed by atoms with E-state index < -0.39 is 0 Å². The van der Waals surface area contributed by atoms with Gasteiger partial charge in [0.25, 0.3) is 0 Å². The van der Waals surface area contributed by atoms with E-state index in [9.17, 15) is 0 Å². The monoisotopic (exact) mass is 206 g/mol. The Balaban J connectivity index is 1.87. The quantitative estimate of drug-likeness (QED) is 0.766. The Morgan fingerprint density at radius 1 is 1.33 bits per heavy atom. The Morgan fingerprint density at radius 3 is 2.87 bits per heavy atom. The number of benzene rings is 1. The average Bonchev–Trinajstić information content (AvgIpc) is 2.76. The van der Waals surface area contributed by atoms with E-state index in [2.05, 4.69) is 34.5 Å². The van der Waals surface area contributed by atoms with Crippen molar-refractivity contribution in [3.05, 3.63) is 30.3 Å². The van der Waals surface area contributed by atoms with Crippen molar-refractivity contribution in [2.45, 2.75) is 12.5 Å². The van der Waals surface area contributed by atoms with Gasteiger partial charge in [-0.25, -0.2) is 0 Å². The fourth-order valence-corrected chi connectivity index (χ4v) is 2.07. The Labute approximate surface area is 90.7 Å². The van der Waals surface area contributed by atoms with Gasteiger partial charge in [-0.1, -0.05) is 18.2 Å². The van der Waals surface area contributed by atoms with Crippen molar-refractivity contribution < 1.29 is 5.11 Å². The molecular weight excluding hydrogens is 188 g/mol. The van der Waals surface area contributed by atoms with Crippen LogP contribution in [0.1, 0.15) is 6.42 Å². The molecule has 3 heteroatoms. The summed E-state index contributed by atoms with van der Waals surface area (Å²) < 4.78 is 0. The summed E-state index contributed by atoms with van der Waals surface area (Å²) in [6, 6.07) is 11.0. The van der Waals surface area contributed by atoms with Crippen molar-refractivity contribution in [1.29, 1.82) is 0 Å². The fourth-order valence-electron chi connectivity index (χ4n) is 2.07. The van der Waals surface area contributed by atoms with E-state index >= 15 is 0 Å². The van der Waals surface area contributed by atoms with Crippen LogP contribution in [0.3, 0.4) is 0 Å². The molecule has 0 aromatic heterocycles. The second-order valence-corrected chi connectivity index (χ2v) is 3.94. The molecule has 1 atom stereocenters. The smallest absolute Gasteiger partial charge is 0.0556 e. The van der Waals surface area contributed by atoms with Crippen molar-refractivity contribution >= 4 is 5.69 Å². The molecule has 0 saturated carbocycles. The van der Waals surface area contributed by atoms with E-state index in [0.717, 1.165) is 19.5 Å². The van der Waals surface area contributed by atoms with Gasteiger partial charge in [-0.2, -0.15) is 0 Å². The molecule has 1 unspecified atom stereocenters. The number of aliphatic hydroxyl groups is 1. The van der Waals surface area contributed by atoms with Crippen molar-refractivity contribution in [3.8, 4) is 0 Å². The molecule has 0 amide bonds. The number of nitrogens with one attached hydrogen (secondary N) is 1. The molecule has 1 fully saturated rings. The summed E-state index contributed by atoms with van der Waals surface area (Å²) in [5.41, 5.74) is 1.30. The molecular formula is C12H18N2O. The Kier molecular flexibility index (Phi) is 3.59.